The lowest BCUT2D eigenvalue weighted by Gasteiger charge is -2.18. The van der Waals surface area contributed by atoms with E-state index >= 15 is 0 Å². The van der Waals surface area contributed by atoms with Crippen molar-refractivity contribution in [2.75, 3.05) is 7.11 Å². The smallest absolute Gasteiger partial charge is 0.496 e. The highest BCUT2D eigenvalue weighted by molar-refractivity contribution is 6.17. The quantitative estimate of drug-likeness (QED) is 0.629. The monoisotopic (exact) mass is 309 g/mol. The molecular weight excluding hydrogens is 304 g/mol. The molecule has 19 heavy (non-hydrogen) atoms. The maximum Gasteiger partial charge on any atom is 0.574 e. The van der Waals surface area contributed by atoms with Crippen LogP contribution in [0.1, 0.15) is 11.1 Å². The zero-order valence-electron chi connectivity index (χ0n) is 9.19. The summed E-state index contributed by atoms with van der Waals surface area (Å²) in [5, 5.41) is 0. The predicted octanol–water partition coefficient (Wildman–Crippen LogP) is 3.75. The molecule has 1 rings (SSSR count). The van der Waals surface area contributed by atoms with Gasteiger partial charge in [0.15, 0.2) is 5.56 Å². The maximum atomic E-state index is 12.8. The summed E-state index contributed by atoms with van der Waals surface area (Å²) in [6.07, 6.45) is -9.72. The fourth-order valence-electron chi connectivity index (χ4n) is 1.28. The normalized spacial score (nSPS) is 12.4. The SMILES string of the molecule is COc1c(CCl)cnc(OC(F)(F)F)c1C(F)(F)F. The van der Waals surface area contributed by atoms with E-state index in [1.165, 1.54) is 0 Å². The summed E-state index contributed by atoms with van der Waals surface area (Å²) >= 11 is 5.37. The Hall–Kier alpha value is -1.38. The van der Waals surface area contributed by atoms with Gasteiger partial charge < -0.3 is 9.47 Å². The highest BCUT2D eigenvalue weighted by atomic mass is 35.5. The molecular formula is C9H6ClF6NO2. The van der Waals surface area contributed by atoms with Crippen molar-refractivity contribution in [3.05, 3.63) is 17.3 Å². The van der Waals surface area contributed by atoms with Crippen molar-refractivity contribution in [3.63, 3.8) is 0 Å². The van der Waals surface area contributed by atoms with Gasteiger partial charge in [0.1, 0.15) is 5.75 Å². The standard InChI is InChI=1S/C9H6ClF6NO2/c1-18-6-4(2-10)3-17-7(19-9(14,15)16)5(6)8(11,12)13/h3H,2H2,1H3. The van der Waals surface area contributed by atoms with E-state index in [-0.39, 0.29) is 5.56 Å². The maximum absolute atomic E-state index is 12.8. The Balaban J connectivity index is 3.48. The first-order valence-electron chi connectivity index (χ1n) is 4.55. The lowest BCUT2D eigenvalue weighted by Crippen LogP contribution is -2.22. The second-order valence-electron chi connectivity index (χ2n) is 3.18. The molecule has 0 atom stereocenters. The lowest BCUT2D eigenvalue weighted by molar-refractivity contribution is -0.278. The second kappa shape index (κ2) is 5.32. The highest BCUT2D eigenvalue weighted by Crippen LogP contribution is 2.44. The Morgan fingerprint density at radius 1 is 1.21 bits per heavy atom. The third-order valence-electron chi connectivity index (χ3n) is 1.91. The summed E-state index contributed by atoms with van der Waals surface area (Å²) in [7, 11) is 0.873. The van der Waals surface area contributed by atoms with Gasteiger partial charge in [-0.1, -0.05) is 0 Å². The molecule has 0 N–H and O–H groups in total. The number of ether oxygens (including phenoxy) is 2. The van der Waals surface area contributed by atoms with Crippen LogP contribution >= 0.6 is 11.6 Å². The summed E-state index contributed by atoms with van der Waals surface area (Å²) < 4.78 is 82.1. The van der Waals surface area contributed by atoms with Crippen LogP contribution in [0.25, 0.3) is 0 Å². The molecule has 0 saturated carbocycles. The van der Waals surface area contributed by atoms with Crippen LogP contribution in [0.4, 0.5) is 26.3 Å². The summed E-state index contributed by atoms with van der Waals surface area (Å²) in [5.74, 6) is -2.89. The summed E-state index contributed by atoms with van der Waals surface area (Å²) in [6, 6.07) is 0. The van der Waals surface area contributed by atoms with Crippen LogP contribution in [0.2, 0.25) is 0 Å². The Kier molecular flexibility index (Phi) is 4.39. The molecule has 10 heteroatoms. The molecule has 0 amide bonds. The molecule has 1 aromatic heterocycles. The van der Waals surface area contributed by atoms with Crippen molar-refractivity contribution in [2.24, 2.45) is 0 Å². The van der Waals surface area contributed by atoms with Crippen LogP contribution in [-0.4, -0.2) is 18.5 Å². The van der Waals surface area contributed by atoms with Gasteiger partial charge in [-0.2, -0.15) is 13.2 Å². The van der Waals surface area contributed by atoms with Crippen molar-refractivity contribution in [2.45, 2.75) is 18.4 Å². The van der Waals surface area contributed by atoms with Crippen molar-refractivity contribution in [1.29, 1.82) is 0 Å². The minimum Gasteiger partial charge on any atom is -0.496 e. The number of nitrogens with zero attached hydrogens (tertiary/aromatic N) is 1. The van der Waals surface area contributed by atoms with E-state index in [4.69, 9.17) is 11.6 Å². The van der Waals surface area contributed by atoms with Gasteiger partial charge in [-0.15, -0.1) is 24.8 Å². The molecule has 0 saturated heterocycles. The molecule has 0 fully saturated rings. The summed E-state index contributed by atoms with van der Waals surface area (Å²) in [6.45, 7) is 0. The largest absolute Gasteiger partial charge is 0.574 e. The number of halogens is 7. The molecule has 0 radical (unpaired) electrons. The number of rotatable bonds is 3. The average Bonchev–Trinajstić information content (AvgIpc) is 2.24. The van der Waals surface area contributed by atoms with Crippen LogP contribution in [0.3, 0.4) is 0 Å². The molecule has 0 aliphatic rings. The zero-order valence-corrected chi connectivity index (χ0v) is 9.95. The lowest BCUT2D eigenvalue weighted by atomic mass is 10.1. The molecule has 0 bridgehead atoms. The molecule has 0 spiro atoms. The number of alkyl halides is 7. The molecule has 0 aromatic carbocycles. The fraction of sp³-hybridized carbons (Fsp3) is 0.444. The van der Waals surface area contributed by atoms with E-state index in [0.29, 0.717) is 0 Å². The Morgan fingerprint density at radius 3 is 2.16 bits per heavy atom. The van der Waals surface area contributed by atoms with E-state index in [0.717, 1.165) is 13.3 Å². The van der Waals surface area contributed by atoms with Crippen molar-refractivity contribution < 1.29 is 35.8 Å². The van der Waals surface area contributed by atoms with Gasteiger partial charge in [-0.05, 0) is 0 Å². The van der Waals surface area contributed by atoms with Crippen LogP contribution < -0.4 is 9.47 Å². The van der Waals surface area contributed by atoms with Crippen molar-refractivity contribution in [3.8, 4) is 11.6 Å². The number of hydrogen-bond acceptors (Lipinski definition) is 3. The van der Waals surface area contributed by atoms with E-state index in [9.17, 15) is 26.3 Å². The van der Waals surface area contributed by atoms with Gasteiger partial charge in [-0.3, -0.25) is 0 Å². The van der Waals surface area contributed by atoms with Crippen LogP contribution in [0, 0.1) is 0 Å². The van der Waals surface area contributed by atoms with Gasteiger partial charge >= 0.3 is 12.5 Å². The van der Waals surface area contributed by atoms with Crippen LogP contribution in [0.15, 0.2) is 6.20 Å². The molecule has 0 aliphatic heterocycles. The van der Waals surface area contributed by atoms with Crippen molar-refractivity contribution in [1.82, 2.24) is 4.98 Å². The first kappa shape index (κ1) is 15.7. The number of hydrogen-bond donors (Lipinski definition) is 0. The third kappa shape index (κ3) is 3.79. The third-order valence-corrected chi connectivity index (χ3v) is 2.20. The Morgan fingerprint density at radius 2 is 1.79 bits per heavy atom. The van der Waals surface area contributed by atoms with E-state index in [1.807, 2.05) is 0 Å². The average molecular weight is 310 g/mol. The molecule has 0 aliphatic carbocycles. The highest BCUT2D eigenvalue weighted by Gasteiger charge is 2.43. The first-order valence-corrected chi connectivity index (χ1v) is 5.08. The number of pyridine rings is 1. The minimum atomic E-state index is -5.31. The number of methoxy groups -OCH3 is 1. The first-order chi connectivity index (χ1) is 8.60. The van der Waals surface area contributed by atoms with Crippen LogP contribution in [-0.2, 0) is 12.1 Å². The predicted molar refractivity (Wildman–Crippen MR) is 52.0 cm³/mol. The molecule has 1 aromatic rings. The molecule has 108 valence electrons. The molecule has 3 nitrogen and oxygen atoms in total. The summed E-state index contributed by atoms with van der Waals surface area (Å²) in [5.41, 5.74) is -1.96. The van der Waals surface area contributed by atoms with Gasteiger partial charge in [-0.25, -0.2) is 4.98 Å². The topological polar surface area (TPSA) is 31.4 Å². The van der Waals surface area contributed by atoms with E-state index in [1.54, 1.807) is 0 Å². The Bertz CT molecular complexity index is 459. The van der Waals surface area contributed by atoms with Crippen LogP contribution in [0.5, 0.6) is 11.6 Å². The van der Waals surface area contributed by atoms with E-state index in [2.05, 4.69) is 14.5 Å². The van der Waals surface area contributed by atoms with Gasteiger partial charge in [0.25, 0.3) is 0 Å². The van der Waals surface area contributed by atoms with Gasteiger partial charge in [0.05, 0.1) is 13.0 Å². The van der Waals surface area contributed by atoms with Gasteiger partial charge in [0.2, 0.25) is 5.88 Å². The molecule has 0 unspecified atom stereocenters. The second-order valence-corrected chi connectivity index (χ2v) is 3.44. The minimum absolute atomic E-state index is 0.203. The molecule has 1 heterocycles. The summed E-state index contributed by atoms with van der Waals surface area (Å²) in [4.78, 5) is 2.98. The fourth-order valence-corrected chi connectivity index (χ4v) is 1.47. The van der Waals surface area contributed by atoms with E-state index < -0.39 is 35.6 Å². The zero-order chi connectivity index (χ0) is 14.8. The number of aromatic nitrogens is 1. The van der Waals surface area contributed by atoms with Gasteiger partial charge in [0, 0.05) is 11.8 Å². The Labute approximate surface area is 108 Å². The van der Waals surface area contributed by atoms with Crippen molar-refractivity contribution >= 4 is 11.6 Å².